The number of ether oxygens (including phenoxy) is 1. The van der Waals surface area contributed by atoms with Crippen LogP contribution in [0.2, 0.25) is 0 Å². The molecule has 5 heteroatoms. The number of carbonyl (C=O) groups is 2. The van der Waals surface area contributed by atoms with Gasteiger partial charge in [-0.3, -0.25) is 9.59 Å². The summed E-state index contributed by atoms with van der Waals surface area (Å²) in [5.74, 6) is -0.156. The van der Waals surface area contributed by atoms with Crippen molar-refractivity contribution in [3.8, 4) is 0 Å². The molecule has 0 radical (unpaired) electrons. The van der Waals surface area contributed by atoms with E-state index < -0.39 is 0 Å². The van der Waals surface area contributed by atoms with Crippen LogP contribution in [0.5, 0.6) is 0 Å². The Labute approximate surface area is 120 Å². The van der Waals surface area contributed by atoms with Crippen LogP contribution in [0.15, 0.2) is 0 Å². The zero-order valence-corrected chi connectivity index (χ0v) is 12.8. The number of halogens is 1. The molecule has 1 heterocycles. The van der Waals surface area contributed by atoms with Gasteiger partial charge in [-0.05, 0) is 36.3 Å². The van der Waals surface area contributed by atoms with Crippen molar-refractivity contribution in [2.75, 3.05) is 0 Å². The van der Waals surface area contributed by atoms with Crippen LogP contribution in [0.3, 0.4) is 0 Å². The lowest BCUT2D eigenvalue weighted by Gasteiger charge is -2.24. The lowest BCUT2D eigenvalue weighted by molar-refractivity contribution is -0.145. The third-order valence-electron chi connectivity index (χ3n) is 3.96. The van der Waals surface area contributed by atoms with Crippen molar-refractivity contribution in [1.82, 2.24) is 0 Å². The van der Waals surface area contributed by atoms with Crippen molar-refractivity contribution in [2.45, 2.75) is 52.7 Å². The molecule has 0 aromatic carbocycles. The number of carbonyl (C=O) groups excluding carboxylic acids is 2. The van der Waals surface area contributed by atoms with Gasteiger partial charge in [0.1, 0.15) is 6.10 Å². The van der Waals surface area contributed by atoms with Crippen LogP contribution in [-0.4, -0.2) is 23.4 Å². The maximum atomic E-state index is 11.7. The van der Waals surface area contributed by atoms with Gasteiger partial charge in [-0.25, -0.2) is 0 Å². The van der Waals surface area contributed by atoms with E-state index in [4.69, 9.17) is 22.1 Å². The SMILES string of the molecule is CC(C)[C@H](C[C@H](N)[C@@H]1C[C@@H](C(C)C)C(=O)O1)C(=O)Cl. The predicted molar refractivity (Wildman–Crippen MR) is 74.6 cm³/mol. The minimum Gasteiger partial charge on any atom is -0.460 e. The van der Waals surface area contributed by atoms with Crippen LogP contribution in [0.4, 0.5) is 0 Å². The molecule has 0 aliphatic carbocycles. The average molecular weight is 290 g/mol. The molecular weight excluding hydrogens is 266 g/mol. The molecule has 1 rings (SSSR count). The highest BCUT2D eigenvalue weighted by Crippen LogP contribution is 2.31. The van der Waals surface area contributed by atoms with Crippen molar-refractivity contribution in [3.63, 3.8) is 0 Å². The Balaban J connectivity index is 2.62. The van der Waals surface area contributed by atoms with E-state index in [2.05, 4.69) is 0 Å². The molecule has 1 fully saturated rings. The minimum atomic E-state index is -0.366. The normalized spacial score (nSPS) is 26.6. The number of cyclic esters (lactones) is 1. The summed E-state index contributed by atoms with van der Waals surface area (Å²) < 4.78 is 5.34. The lowest BCUT2D eigenvalue weighted by atomic mass is 9.86. The standard InChI is InChI=1S/C14H24ClNO3/c1-7(2)9(13(15)17)5-11(16)12-6-10(8(3)4)14(18)19-12/h7-12H,5-6,16H2,1-4H3/t9-,10-,11-,12-/m0/s1. The highest BCUT2D eigenvalue weighted by molar-refractivity contribution is 6.64. The van der Waals surface area contributed by atoms with Crippen LogP contribution >= 0.6 is 11.6 Å². The molecule has 110 valence electrons. The average Bonchev–Trinajstić information content (AvgIpc) is 2.67. The monoisotopic (exact) mass is 289 g/mol. The third-order valence-corrected chi connectivity index (χ3v) is 4.24. The van der Waals surface area contributed by atoms with Gasteiger partial charge in [0.25, 0.3) is 0 Å². The Morgan fingerprint density at radius 2 is 2.00 bits per heavy atom. The molecule has 1 aliphatic heterocycles. The molecule has 0 spiro atoms. The maximum Gasteiger partial charge on any atom is 0.309 e. The summed E-state index contributed by atoms with van der Waals surface area (Å²) in [5, 5.41) is -0.366. The van der Waals surface area contributed by atoms with Gasteiger partial charge in [0.15, 0.2) is 0 Å². The predicted octanol–water partition coefficient (Wildman–Crippen LogP) is 2.33. The summed E-state index contributed by atoms with van der Waals surface area (Å²) in [6.07, 6.45) is 0.805. The highest BCUT2D eigenvalue weighted by atomic mass is 35.5. The second-order valence-corrected chi connectivity index (χ2v) is 6.49. The number of hydrogen-bond acceptors (Lipinski definition) is 4. The molecule has 4 atom stereocenters. The third kappa shape index (κ3) is 4.18. The first kappa shape index (κ1) is 16.4. The van der Waals surface area contributed by atoms with Gasteiger partial charge < -0.3 is 10.5 Å². The second-order valence-electron chi connectivity index (χ2n) is 6.12. The van der Waals surface area contributed by atoms with E-state index in [-0.39, 0.29) is 47.0 Å². The summed E-state index contributed by atoms with van der Waals surface area (Å²) in [4.78, 5) is 23.1. The summed E-state index contributed by atoms with van der Waals surface area (Å²) >= 11 is 5.60. The van der Waals surface area contributed by atoms with Crippen LogP contribution in [0, 0.1) is 23.7 Å². The van der Waals surface area contributed by atoms with Crippen molar-refractivity contribution in [1.29, 1.82) is 0 Å². The van der Waals surface area contributed by atoms with E-state index in [0.717, 1.165) is 0 Å². The quantitative estimate of drug-likeness (QED) is 0.602. The van der Waals surface area contributed by atoms with E-state index in [1.54, 1.807) is 0 Å². The summed E-state index contributed by atoms with van der Waals surface area (Å²) in [6.45, 7) is 7.88. The molecule has 2 N–H and O–H groups in total. The zero-order valence-electron chi connectivity index (χ0n) is 12.1. The summed E-state index contributed by atoms with van der Waals surface area (Å²) in [7, 11) is 0. The highest BCUT2D eigenvalue weighted by Gasteiger charge is 2.40. The second kappa shape index (κ2) is 6.71. The largest absolute Gasteiger partial charge is 0.460 e. The molecule has 0 bridgehead atoms. The molecule has 1 saturated heterocycles. The van der Waals surface area contributed by atoms with Crippen LogP contribution in [0.1, 0.15) is 40.5 Å². The Morgan fingerprint density at radius 1 is 1.42 bits per heavy atom. The molecule has 1 aliphatic rings. The number of nitrogens with two attached hydrogens (primary N) is 1. The van der Waals surface area contributed by atoms with Gasteiger partial charge in [-0.15, -0.1) is 0 Å². The minimum absolute atomic E-state index is 0.0831. The molecule has 4 nitrogen and oxygen atoms in total. The lowest BCUT2D eigenvalue weighted by Crippen LogP contribution is -2.38. The molecular formula is C14H24ClNO3. The number of esters is 1. The van der Waals surface area contributed by atoms with E-state index in [9.17, 15) is 9.59 Å². The van der Waals surface area contributed by atoms with Crippen molar-refractivity contribution >= 4 is 22.8 Å². The van der Waals surface area contributed by atoms with Crippen LogP contribution in [0.25, 0.3) is 0 Å². The smallest absolute Gasteiger partial charge is 0.309 e. The molecule has 0 saturated carbocycles. The molecule has 0 aromatic heterocycles. The molecule has 0 unspecified atom stereocenters. The van der Waals surface area contributed by atoms with Gasteiger partial charge in [0, 0.05) is 12.0 Å². The fourth-order valence-corrected chi connectivity index (χ4v) is 2.85. The van der Waals surface area contributed by atoms with E-state index in [1.165, 1.54) is 0 Å². The van der Waals surface area contributed by atoms with E-state index in [0.29, 0.717) is 12.8 Å². The Morgan fingerprint density at radius 3 is 2.37 bits per heavy atom. The maximum absolute atomic E-state index is 11.7. The van der Waals surface area contributed by atoms with Gasteiger partial charge >= 0.3 is 5.97 Å². The fraction of sp³-hybridized carbons (Fsp3) is 0.857. The first-order chi connectivity index (χ1) is 8.73. The van der Waals surface area contributed by atoms with Crippen molar-refractivity contribution < 1.29 is 14.3 Å². The Bertz CT molecular complexity index is 344. The first-order valence-electron chi connectivity index (χ1n) is 6.89. The first-order valence-corrected chi connectivity index (χ1v) is 7.27. The number of hydrogen-bond donors (Lipinski definition) is 1. The van der Waals surface area contributed by atoms with Crippen LogP contribution < -0.4 is 5.73 Å². The molecule has 19 heavy (non-hydrogen) atoms. The van der Waals surface area contributed by atoms with Gasteiger partial charge in [0.2, 0.25) is 5.24 Å². The molecule has 0 amide bonds. The van der Waals surface area contributed by atoms with Crippen molar-refractivity contribution in [3.05, 3.63) is 0 Å². The van der Waals surface area contributed by atoms with Gasteiger partial charge in [-0.1, -0.05) is 27.7 Å². The topological polar surface area (TPSA) is 69.4 Å². The number of rotatable bonds is 6. The Hall–Kier alpha value is -0.610. The van der Waals surface area contributed by atoms with E-state index in [1.807, 2.05) is 27.7 Å². The van der Waals surface area contributed by atoms with Crippen LogP contribution in [-0.2, 0) is 14.3 Å². The molecule has 0 aromatic rings. The Kier molecular flexibility index (Phi) is 5.81. The van der Waals surface area contributed by atoms with Crippen molar-refractivity contribution in [2.24, 2.45) is 29.4 Å². The van der Waals surface area contributed by atoms with Gasteiger partial charge in [0.05, 0.1) is 5.92 Å². The summed E-state index contributed by atoms with van der Waals surface area (Å²) in [6, 6.07) is -0.331. The van der Waals surface area contributed by atoms with Gasteiger partial charge in [-0.2, -0.15) is 0 Å². The fourth-order valence-electron chi connectivity index (χ4n) is 2.51. The zero-order chi connectivity index (χ0) is 14.7. The summed E-state index contributed by atoms with van der Waals surface area (Å²) in [5.41, 5.74) is 6.09. The van der Waals surface area contributed by atoms with E-state index >= 15 is 0 Å².